The van der Waals surface area contributed by atoms with Gasteiger partial charge in [0, 0.05) is 25.3 Å². The molecule has 0 bridgehead atoms. The molecule has 0 saturated carbocycles. The van der Waals surface area contributed by atoms with Gasteiger partial charge in [-0.05, 0) is 37.8 Å². The number of aromatic nitrogens is 2. The van der Waals surface area contributed by atoms with Crippen LogP contribution in [0, 0.1) is 12.8 Å². The molecule has 0 aliphatic carbocycles. The fraction of sp³-hybridized carbons (Fsp3) is 0.769. The molecule has 0 radical (unpaired) electrons. The minimum atomic E-state index is 0.565. The van der Waals surface area contributed by atoms with Gasteiger partial charge in [0.1, 0.15) is 0 Å². The normalized spacial score (nSPS) is 26.3. The summed E-state index contributed by atoms with van der Waals surface area (Å²) >= 11 is 0. The maximum atomic E-state index is 5.86. The second kappa shape index (κ2) is 5.65. The number of aryl methyl sites for hydroxylation is 1. The van der Waals surface area contributed by atoms with Crippen molar-refractivity contribution in [1.82, 2.24) is 14.7 Å². The van der Waals surface area contributed by atoms with Gasteiger partial charge in [0.25, 0.3) is 0 Å². The minimum absolute atomic E-state index is 0.565. The molecule has 1 aliphatic rings. The summed E-state index contributed by atoms with van der Waals surface area (Å²) in [5.41, 5.74) is 7.09. The molecule has 1 fully saturated rings. The zero-order valence-corrected chi connectivity index (χ0v) is 11.0. The predicted octanol–water partition coefficient (Wildman–Crippen LogP) is 1.25. The number of rotatable bonds is 4. The quantitative estimate of drug-likeness (QED) is 0.856. The monoisotopic (exact) mass is 236 g/mol. The van der Waals surface area contributed by atoms with Crippen molar-refractivity contribution < 1.29 is 0 Å². The van der Waals surface area contributed by atoms with Crippen LogP contribution >= 0.6 is 0 Å². The van der Waals surface area contributed by atoms with Crippen molar-refractivity contribution in [3.63, 3.8) is 0 Å². The Morgan fingerprint density at radius 2 is 2.29 bits per heavy atom. The summed E-state index contributed by atoms with van der Waals surface area (Å²) in [6.45, 7) is 8.41. The first kappa shape index (κ1) is 12.6. The largest absolute Gasteiger partial charge is 0.329 e. The maximum absolute atomic E-state index is 5.86. The molecule has 4 heteroatoms. The molecule has 96 valence electrons. The first-order chi connectivity index (χ1) is 8.19. The van der Waals surface area contributed by atoms with Gasteiger partial charge >= 0.3 is 0 Å². The van der Waals surface area contributed by atoms with Crippen LogP contribution in [0.15, 0.2) is 12.4 Å². The molecule has 1 saturated heterocycles. The number of hydrogen-bond acceptors (Lipinski definition) is 3. The van der Waals surface area contributed by atoms with Crippen molar-refractivity contribution in [1.29, 1.82) is 0 Å². The molecule has 1 aliphatic heterocycles. The summed E-state index contributed by atoms with van der Waals surface area (Å²) in [5.74, 6) is 0.826. The third-order valence-electron chi connectivity index (χ3n) is 3.75. The van der Waals surface area contributed by atoms with E-state index >= 15 is 0 Å². The minimum Gasteiger partial charge on any atom is -0.329 e. The van der Waals surface area contributed by atoms with Crippen LogP contribution in [-0.4, -0.2) is 40.4 Å². The van der Waals surface area contributed by atoms with Crippen molar-refractivity contribution in [3.8, 4) is 0 Å². The van der Waals surface area contributed by atoms with Gasteiger partial charge in [-0.1, -0.05) is 6.92 Å². The van der Waals surface area contributed by atoms with E-state index in [1.54, 1.807) is 0 Å². The highest BCUT2D eigenvalue weighted by atomic mass is 15.3. The topological polar surface area (TPSA) is 47.1 Å². The molecule has 4 nitrogen and oxygen atoms in total. The molecular weight excluding hydrogens is 212 g/mol. The Balaban J connectivity index is 1.85. The zero-order chi connectivity index (χ0) is 12.3. The van der Waals surface area contributed by atoms with Crippen LogP contribution in [0.1, 0.15) is 25.3 Å². The van der Waals surface area contributed by atoms with E-state index in [1.807, 2.05) is 10.9 Å². The summed E-state index contributed by atoms with van der Waals surface area (Å²) < 4.78 is 2.03. The first-order valence-electron chi connectivity index (χ1n) is 6.62. The lowest BCUT2D eigenvalue weighted by Gasteiger charge is -2.37. The molecule has 0 amide bonds. The summed E-state index contributed by atoms with van der Waals surface area (Å²) in [6, 6.07) is 0.565. The fourth-order valence-corrected chi connectivity index (χ4v) is 2.66. The van der Waals surface area contributed by atoms with E-state index in [4.69, 9.17) is 5.73 Å². The SMILES string of the molecule is Cc1cnn(CCN2CCC(C)CC2CN)c1. The van der Waals surface area contributed by atoms with E-state index in [0.29, 0.717) is 6.04 Å². The smallest absolute Gasteiger partial charge is 0.0536 e. The third-order valence-corrected chi connectivity index (χ3v) is 3.75. The summed E-state index contributed by atoms with van der Waals surface area (Å²) in [7, 11) is 0. The van der Waals surface area contributed by atoms with Gasteiger partial charge < -0.3 is 5.73 Å². The second-order valence-electron chi connectivity index (χ2n) is 5.34. The van der Waals surface area contributed by atoms with Crippen molar-refractivity contribution in [2.75, 3.05) is 19.6 Å². The zero-order valence-electron chi connectivity index (χ0n) is 11.0. The van der Waals surface area contributed by atoms with Crippen LogP contribution in [0.25, 0.3) is 0 Å². The van der Waals surface area contributed by atoms with Gasteiger partial charge in [0.2, 0.25) is 0 Å². The standard InChI is InChI=1S/C13H24N4/c1-11-3-4-16(13(7-11)8-14)5-6-17-10-12(2)9-15-17/h9-11,13H,3-8,14H2,1-2H3. The average molecular weight is 236 g/mol. The van der Waals surface area contributed by atoms with Crippen molar-refractivity contribution in [2.45, 2.75) is 39.3 Å². The summed E-state index contributed by atoms with van der Waals surface area (Å²) in [6.07, 6.45) is 6.56. The van der Waals surface area contributed by atoms with Crippen LogP contribution in [0.5, 0.6) is 0 Å². The Hall–Kier alpha value is -0.870. The third kappa shape index (κ3) is 3.30. The highest BCUT2D eigenvalue weighted by molar-refractivity contribution is 4.99. The fourth-order valence-electron chi connectivity index (χ4n) is 2.66. The second-order valence-corrected chi connectivity index (χ2v) is 5.34. The van der Waals surface area contributed by atoms with E-state index < -0.39 is 0 Å². The summed E-state index contributed by atoms with van der Waals surface area (Å²) in [5, 5.41) is 4.32. The van der Waals surface area contributed by atoms with Crippen LogP contribution in [0.3, 0.4) is 0 Å². The van der Waals surface area contributed by atoms with Crippen LogP contribution in [-0.2, 0) is 6.54 Å². The predicted molar refractivity (Wildman–Crippen MR) is 69.8 cm³/mol. The lowest BCUT2D eigenvalue weighted by Crippen LogP contribution is -2.47. The Morgan fingerprint density at radius 1 is 1.47 bits per heavy atom. The van der Waals surface area contributed by atoms with Gasteiger partial charge in [-0.25, -0.2) is 0 Å². The van der Waals surface area contributed by atoms with Gasteiger partial charge in [-0.15, -0.1) is 0 Å². The Labute approximate surface area is 104 Å². The van der Waals surface area contributed by atoms with Crippen LogP contribution in [0.2, 0.25) is 0 Å². The molecule has 17 heavy (non-hydrogen) atoms. The molecule has 2 unspecified atom stereocenters. The lowest BCUT2D eigenvalue weighted by molar-refractivity contribution is 0.117. The summed E-state index contributed by atoms with van der Waals surface area (Å²) in [4.78, 5) is 2.52. The van der Waals surface area contributed by atoms with E-state index in [2.05, 4.69) is 30.0 Å². The Morgan fingerprint density at radius 3 is 2.94 bits per heavy atom. The van der Waals surface area contributed by atoms with Crippen LogP contribution in [0.4, 0.5) is 0 Å². The van der Waals surface area contributed by atoms with Crippen molar-refractivity contribution >= 4 is 0 Å². The Kier molecular flexibility index (Phi) is 4.18. The van der Waals surface area contributed by atoms with Gasteiger partial charge in [-0.3, -0.25) is 9.58 Å². The molecule has 0 aromatic carbocycles. The molecule has 1 aromatic heterocycles. The van der Waals surface area contributed by atoms with Gasteiger partial charge in [0.15, 0.2) is 0 Å². The number of likely N-dealkylation sites (tertiary alicyclic amines) is 1. The molecule has 2 heterocycles. The van der Waals surface area contributed by atoms with Crippen molar-refractivity contribution in [2.24, 2.45) is 11.7 Å². The van der Waals surface area contributed by atoms with Gasteiger partial charge in [0.05, 0.1) is 12.7 Å². The van der Waals surface area contributed by atoms with E-state index in [1.165, 1.54) is 24.9 Å². The van der Waals surface area contributed by atoms with Gasteiger partial charge in [-0.2, -0.15) is 5.10 Å². The molecule has 2 N–H and O–H groups in total. The molecule has 1 aromatic rings. The van der Waals surface area contributed by atoms with Crippen molar-refractivity contribution in [3.05, 3.63) is 18.0 Å². The molecule has 0 spiro atoms. The van der Waals surface area contributed by atoms with E-state index in [9.17, 15) is 0 Å². The first-order valence-corrected chi connectivity index (χ1v) is 6.62. The van der Waals surface area contributed by atoms with E-state index in [-0.39, 0.29) is 0 Å². The average Bonchev–Trinajstić information content (AvgIpc) is 2.73. The number of piperidine rings is 1. The molecular formula is C13H24N4. The van der Waals surface area contributed by atoms with Crippen LogP contribution < -0.4 is 5.73 Å². The number of hydrogen-bond donors (Lipinski definition) is 1. The molecule has 2 rings (SSSR count). The number of nitrogens with two attached hydrogens (primary N) is 1. The molecule has 2 atom stereocenters. The highest BCUT2D eigenvalue weighted by Gasteiger charge is 2.24. The Bertz CT molecular complexity index is 347. The van der Waals surface area contributed by atoms with E-state index in [0.717, 1.165) is 25.6 Å². The maximum Gasteiger partial charge on any atom is 0.0536 e. The lowest BCUT2D eigenvalue weighted by atomic mass is 9.92. The number of nitrogens with zero attached hydrogens (tertiary/aromatic N) is 3. The highest BCUT2D eigenvalue weighted by Crippen LogP contribution is 2.21.